The van der Waals surface area contributed by atoms with Crippen LogP contribution in [0.3, 0.4) is 0 Å². The van der Waals surface area contributed by atoms with Crippen molar-refractivity contribution in [1.29, 1.82) is 0 Å². The largest absolute Gasteiger partial charge is 0.464 e. The van der Waals surface area contributed by atoms with E-state index in [-0.39, 0.29) is 11.0 Å². The van der Waals surface area contributed by atoms with Gasteiger partial charge in [-0.25, -0.2) is 13.1 Å². The summed E-state index contributed by atoms with van der Waals surface area (Å²) in [6, 6.07) is 1.57. The van der Waals surface area contributed by atoms with Gasteiger partial charge in [0.2, 0.25) is 10.0 Å². The maximum Gasteiger partial charge on any atom is 0.244 e. The van der Waals surface area contributed by atoms with Crippen molar-refractivity contribution in [3.8, 4) is 0 Å². The van der Waals surface area contributed by atoms with Crippen LogP contribution >= 0.6 is 0 Å². The Kier molecular flexibility index (Phi) is 4.24. The summed E-state index contributed by atoms with van der Waals surface area (Å²) in [5, 5.41) is 2.93. The fourth-order valence-electron chi connectivity index (χ4n) is 2.38. The molecule has 114 valence electrons. The number of hydrogen-bond donors (Lipinski definition) is 2. The van der Waals surface area contributed by atoms with E-state index in [2.05, 4.69) is 10.0 Å². The normalized spacial score (nSPS) is 27.1. The molecule has 1 aliphatic rings. The Morgan fingerprint density at radius 1 is 1.50 bits per heavy atom. The average Bonchev–Trinajstić information content (AvgIpc) is 2.84. The highest BCUT2D eigenvalue weighted by Gasteiger charge is 2.41. The molecule has 2 rings (SSSR count). The molecule has 0 aliphatic carbocycles. The van der Waals surface area contributed by atoms with Crippen LogP contribution in [-0.2, 0) is 21.3 Å². The molecule has 1 aromatic rings. The van der Waals surface area contributed by atoms with Crippen LogP contribution in [0.5, 0.6) is 0 Å². The van der Waals surface area contributed by atoms with Crippen LogP contribution in [0.2, 0.25) is 0 Å². The van der Waals surface area contributed by atoms with E-state index in [1.54, 1.807) is 20.0 Å². The van der Waals surface area contributed by atoms with E-state index in [0.29, 0.717) is 31.1 Å². The van der Waals surface area contributed by atoms with Crippen molar-refractivity contribution in [2.24, 2.45) is 0 Å². The van der Waals surface area contributed by atoms with E-state index in [9.17, 15) is 8.42 Å². The van der Waals surface area contributed by atoms with Crippen molar-refractivity contribution in [1.82, 2.24) is 10.0 Å². The molecular weight excluding hydrogens is 280 g/mol. The van der Waals surface area contributed by atoms with Crippen LogP contribution in [0, 0.1) is 6.92 Å². The maximum atomic E-state index is 12.5. The van der Waals surface area contributed by atoms with Crippen LogP contribution in [0.15, 0.2) is 15.4 Å². The van der Waals surface area contributed by atoms with E-state index in [1.807, 2.05) is 13.8 Å². The second-order valence-electron chi connectivity index (χ2n) is 5.45. The molecule has 20 heavy (non-hydrogen) atoms. The molecule has 2 atom stereocenters. The highest BCUT2D eigenvalue weighted by Crippen LogP contribution is 2.29. The van der Waals surface area contributed by atoms with E-state index >= 15 is 0 Å². The van der Waals surface area contributed by atoms with Crippen molar-refractivity contribution in [3.63, 3.8) is 0 Å². The lowest BCUT2D eigenvalue weighted by molar-refractivity contribution is 0.0957. The molecule has 0 aromatic carbocycles. The van der Waals surface area contributed by atoms with Gasteiger partial charge in [-0.05, 0) is 34.2 Å². The topological polar surface area (TPSA) is 80.6 Å². The second-order valence-corrected chi connectivity index (χ2v) is 7.10. The molecule has 0 spiro atoms. The first-order valence-electron chi connectivity index (χ1n) is 6.68. The molecule has 2 N–H and O–H groups in total. The number of nitrogens with one attached hydrogen (secondary N) is 2. The minimum Gasteiger partial charge on any atom is -0.464 e. The van der Waals surface area contributed by atoms with Crippen molar-refractivity contribution in [2.75, 3.05) is 13.7 Å². The molecular formula is C13H22N2O4S. The number of aryl methyl sites for hydroxylation is 1. The zero-order chi connectivity index (χ0) is 15.0. The van der Waals surface area contributed by atoms with Gasteiger partial charge in [-0.2, -0.15) is 0 Å². The van der Waals surface area contributed by atoms with Crippen LogP contribution in [-0.4, -0.2) is 33.7 Å². The van der Waals surface area contributed by atoms with Crippen LogP contribution in [0.25, 0.3) is 0 Å². The van der Waals surface area contributed by atoms with Gasteiger partial charge in [0.05, 0.1) is 18.2 Å². The molecule has 1 aromatic heterocycles. The van der Waals surface area contributed by atoms with Crippen LogP contribution < -0.4 is 10.0 Å². The third-order valence-electron chi connectivity index (χ3n) is 3.82. The minimum absolute atomic E-state index is 0.152. The first kappa shape index (κ1) is 15.5. The van der Waals surface area contributed by atoms with Crippen LogP contribution in [0.4, 0.5) is 0 Å². The predicted octanol–water partition coefficient (Wildman–Crippen LogP) is 1.15. The molecule has 0 saturated carbocycles. The van der Waals surface area contributed by atoms with Gasteiger partial charge >= 0.3 is 0 Å². The molecule has 0 radical (unpaired) electrons. The lowest BCUT2D eigenvalue weighted by Crippen LogP contribution is -2.50. The Balaban J connectivity index is 2.26. The summed E-state index contributed by atoms with van der Waals surface area (Å²) in [5.74, 6) is 1.00. The van der Waals surface area contributed by atoms with Gasteiger partial charge in [-0.1, -0.05) is 0 Å². The van der Waals surface area contributed by atoms with Crippen LogP contribution in [0.1, 0.15) is 31.8 Å². The van der Waals surface area contributed by atoms with Crippen molar-refractivity contribution in [3.05, 3.63) is 17.6 Å². The number of furan rings is 1. The summed E-state index contributed by atoms with van der Waals surface area (Å²) in [6.07, 6.45) is 0.509. The van der Waals surface area contributed by atoms with Gasteiger partial charge in [0, 0.05) is 12.7 Å². The Hall–Kier alpha value is -0.890. The van der Waals surface area contributed by atoms with E-state index < -0.39 is 15.6 Å². The van der Waals surface area contributed by atoms with E-state index in [4.69, 9.17) is 9.15 Å². The Bertz CT molecular complexity index is 581. The fourth-order valence-corrected chi connectivity index (χ4v) is 4.08. The fraction of sp³-hybridized carbons (Fsp3) is 0.692. The van der Waals surface area contributed by atoms with E-state index in [1.165, 1.54) is 0 Å². The second kappa shape index (κ2) is 5.48. The standard InChI is InChI=1S/C13H22N2O4S/c1-9-12(7-11(19-9)8-14-4)20(16,17)15-13(3)5-6-18-10(13)2/h7,10,14-15H,5-6,8H2,1-4H3. The Labute approximate surface area is 119 Å². The minimum atomic E-state index is -3.61. The van der Waals surface area contributed by atoms with Gasteiger partial charge in [0.15, 0.2) is 0 Å². The van der Waals surface area contributed by atoms with Crippen molar-refractivity contribution >= 4 is 10.0 Å². The first-order valence-corrected chi connectivity index (χ1v) is 8.16. The molecule has 1 saturated heterocycles. The predicted molar refractivity (Wildman–Crippen MR) is 75.0 cm³/mol. The Morgan fingerprint density at radius 3 is 2.75 bits per heavy atom. The summed E-state index contributed by atoms with van der Waals surface area (Å²) in [6.45, 7) is 6.46. The highest BCUT2D eigenvalue weighted by molar-refractivity contribution is 7.89. The summed E-state index contributed by atoms with van der Waals surface area (Å²) in [4.78, 5) is 0.197. The van der Waals surface area contributed by atoms with Gasteiger partial charge in [0.1, 0.15) is 16.4 Å². The van der Waals surface area contributed by atoms with E-state index in [0.717, 1.165) is 0 Å². The quantitative estimate of drug-likeness (QED) is 0.853. The highest BCUT2D eigenvalue weighted by atomic mass is 32.2. The molecule has 2 heterocycles. The molecule has 1 fully saturated rings. The summed E-state index contributed by atoms with van der Waals surface area (Å²) in [7, 11) is -1.83. The zero-order valence-corrected chi connectivity index (χ0v) is 13.1. The van der Waals surface area contributed by atoms with Crippen molar-refractivity contribution < 1.29 is 17.6 Å². The zero-order valence-electron chi connectivity index (χ0n) is 12.3. The number of sulfonamides is 1. The smallest absolute Gasteiger partial charge is 0.244 e. The molecule has 1 aliphatic heterocycles. The lowest BCUT2D eigenvalue weighted by Gasteiger charge is -2.28. The lowest BCUT2D eigenvalue weighted by atomic mass is 9.97. The first-order chi connectivity index (χ1) is 9.28. The Morgan fingerprint density at radius 2 is 2.20 bits per heavy atom. The average molecular weight is 302 g/mol. The number of rotatable bonds is 5. The third kappa shape index (κ3) is 2.90. The molecule has 6 nitrogen and oxygen atoms in total. The number of ether oxygens (including phenoxy) is 1. The van der Waals surface area contributed by atoms with Gasteiger partial charge in [0.25, 0.3) is 0 Å². The molecule has 7 heteroatoms. The SMILES string of the molecule is CNCc1cc(S(=O)(=O)NC2(C)CCOC2C)c(C)o1. The molecule has 2 unspecified atom stereocenters. The summed E-state index contributed by atoms with van der Waals surface area (Å²) in [5.41, 5.74) is -0.578. The van der Waals surface area contributed by atoms with Crippen molar-refractivity contribution in [2.45, 2.75) is 50.3 Å². The van der Waals surface area contributed by atoms with Gasteiger partial charge in [-0.3, -0.25) is 0 Å². The van der Waals surface area contributed by atoms with Gasteiger partial charge in [-0.15, -0.1) is 0 Å². The molecule has 0 bridgehead atoms. The van der Waals surface area contributed by atoms with Gasteiger partial charge < -0.3 is 14.5 Å². The summed E-state index contributed by atoms with van der Waals surface area (Å²) >= 11 is 0. The number of hydrogen-bond acceptors (Lipinski definition) is 5. The molecule has 0 amide bonds. The maximum absolute atomic E-state index is 12.5. The summed E-state index contributed by atoms with van der Waals surface area (Å²) < 4.78 is 38.7. The third-order valence-corrected chi connectivity index (χ3v) is 5.54. The monoisotopic (exact) mass is 302 g/mol.